The van der Waals surface area contributed by atoms with Crippen molar-refractivity contribution in [3.05, 3.63) is 81.7 Å². The van der Waals surface area contributed by atoms with Crippen molar-refractivity contribution in [2.45, 2.75) is 43.9 Å². The van der Waals surface area contributed by atoms with Gasteiger partial charge in [0.05, 0.1) is 15.6 Å². The maximum absolute atomic E-state index is 12.6. The first-order chi connectivity index (χ1) is 16.7. The van der Waals surface area contributed by atoms with E-state index in [0.29, 0.717) is 17.9 Å². The Morgan fingerprint density at radius 2 is 1.69 bits per heavy atom. The van der Waals surface area contributed by atoms with Crippen LogP contribution in [0.3, 0.4) is 0 Å². The molecule has 0 fully saturated rings. The predicted molar refractivity (Wildman–Crippen MR) is 143 cm³/mol. The largest absolute Gasteiger partial charge is 0.480 e. The molecule has 35 heavy (non-hydrogen) atoms. The number of benzene rings is 1. The first-order valence-corrected chi connectivity index (χ1v) is 12.4. The lowest BCUT2D eigenvalue weighted by atomic mass is 9.89. The molecular weight excluding hydrogens is 507 g/mol. The van der Waals surface area contributed by atoms with E-state index in [1.165, 1.54) is 12.4 Å². The molecule has 0 saturated carbocycles. The van der Waals surface area contributed by atoms with Gasteiger partial charge in [-0.2, -0.15) is 12.6 Å². The second-order valence-electron chi connectivity index (χ2n) is 7.93. The van der Waals surface area contributed by atoms with Gasteiger partial charge in [0.25, 0.3) is 5.91 Å². The molecule has 2 aromatic heterocycles. The number of aliphatic carboxylic acids is 1. The molecule has 184 valence electrons. The number of nitrogens with zero attached hydrogens (tertiary/aromatic N) is 2. The van der Waals surface area contributed by atoms with E-state index in [9.17, 15) is 14.7 Å². The Hall–Kier alpha value is -2.81. The molecule has 1 amide bonds. The van der Waals surface area contributed by atoms with Crippen LogP contribution in [0.15, 0.2) is 55.0 Å². The molecule has 3 rings (SSSR count). The number of hydrogen-bond donors (Lipinski definition) is 4. The van der Waals surface area contributed by atoms with Crippen LogP contribution in [0.1, 0.15) is 59.3 Å². The SMILES string of the molecule is CCC(S)c1ccnc(NC(C(=O)O)C(CC)c2ccc(NC(=O)c3c(Cl)cncc3Cl)cc2)c1. The van der Waals surface area contributed by atoms with E-state index in [4.69, 9.17) is 23.2 Å². The number of thiol groups is 1. The molecule has 10 heteroatoms. The molecule has 3 unspecified atom stereocenters. The summed E-state index contributed by atoms with van der Waals surface area (Å²) < 4.78 is 0. The minimum Gasteiger partial charge on any atom is -0.480 e. The molecule has 0 radical (unpaired) electrons. The Kier molecular flexibility index (Phi) is 9.37. The van der Waals surface area contributed by atoms with E-state index in [1.807, 2.05) is 26.0 Å². The number of nitrogens with one attached hydrogen (secondary N) is 2. The summed E-state index contributed by atoms with van der Waals surface area (Å²) in [6.45, 7) is 3.96. The van der Waals surface area contributed by atoms with Crippen molar-refractivity contribution in [1.29, 1.82) is 0 Å². The van der Waals surface area contributed by atoms with Gasteiger partial charge in [0.1, 0.15) is 11.9 Å². The van der Waals surface area contributed by atoms with Crippen molar-refractivity contribution in [3.63, 3.8) is 0 Å². The van der Waals surface area contributed by atoms with Gasteiger partial charge in [0.2, 0.25) is 0 Å². The van der Waals surface area contributed by atoms with Crippen LogP contribution in [0, 0.1) is 0 Å². The number of halogens is 2. The standard InChI is InChI=1S/C25H26Cl2N4O3S/c1-3-17(23(25(33)34)31-21-11-15(9-10-29-21)20(35)4-2)14-5-7-16(8-6-14)30-24(32)22-18(26)12-28-13-19(22)27/h5-13,17,20,23,35H,3-4H2,1-2H3,(H,29,31)(H,30,32)(H,33,34). The lowest BCUT2D eigenvalue weighted by Crippen LogP contribution is -2.35. The number of amides is 1. The van der Waals surface area contributed by atoms with E-state index in [2.05, 4.69) is 33.2 Å². The third-order valence-corrected chi connectivity index (χ3v) is 6.88. The lowest BCUT2D eigenvalue weighted by molar-refractivity contribution is -0.138. The maximum atomic E-state index is 12.6. The molecule has 7 nitrogen and oxygen atoms in total. The van der Waals surface area contributed by atoms with Crippen molar-refractivity contribution in [2.24, 2.45) is 0 Å². The van der Waals surface area contributed by atoms with Crippen molar-refractivity contribution in [1.82, 2.24) is 9.97 Å². The number of aromatic nitrogens is 2. The zero-order valence-corrected chi connectivity index (χ0v) is 21.6. The number of hydrogen-bond acceptors (Lipinski definition) is 6. The van der Waals surface area contributed by atoms with Crippen LogP contribution in [0.5, 0.6) is 0 Å². The van der Waals surface area contributed by atoms with Crippen LogP contribution in [0.2, 0.25) is 10.0 Å². The van der Waals surface area contributed by atoms with Crippen molar-refractivity contribution >= 4 is 59.2 Å². The summed E-state index contributed by atoms with van der Waals surface area (Å²) in [5.74, 6) is -1.31. The van der Waals surface area contributed by atoms with Gasteiger partial charge in [-0.3, -0.25) is 9.78 Å². The topological polar surface area (TPSA) is 104 Å². The number of carboxylic acids is 1. The molecule has 1 aromatic carbocycles. The van der Waals surface area contributed by atoms with Gasteiger partial charge in [-0.25, -0.2) is 9.78 Å². The monoisotopic (exact) mass is 532 g/mol. The number of carboxylic acid groups (broad SMARTS) is 1. The van der Waals surface area contributed by atoms with Crippen LogP contribution in [0.25, 0.3) is 0 Å². The van der Waals surface area contributed by atoms with Gasteiger partial charge in [0, 0.05) is 35.4 Å². The van der Waals surface area contributed by atoms with Crippen LogP contribution in [-0.4, -0.2) is 33.0 Å². The second-order valence-corrected chi connectivity index (χ2v) is 9.37. The average Bonchev–Trinajstić information content (AvgIpc) is 2.84. The van der Waals surface area contributed by atoms with Crippen LogP contribution in [0.4, 0.5) is 11.5 Å². The number of rotatable bonds is 10. The summed E-state index contributed by atoms with van der Waals surface area (Å²) in [5.41, 5.74) is 2.43. The molecule has 3 atom stereocenters. The first-order valence-electron chi connectivity index (χ1n) is 11.1. The van der Waals surface area contributed by atoms with Gasteiger partial charge in [-0.15, -0.1) is 0 Å². The Balaban J connectivity index is 1.79. The molecule has 0 bridgehead atoms. The number of carbonyl (C=O) groups excluding carboxylic acids is 1. The molecule has 0 saturated heterocycles. The van der Waals surface area contributed by atoms with Crippen molar-refractivity contribution < 1.29 is 14.7 Å². The molecule has 3 aromatic rings. The van der Waals surface area contributed by atoms with Crippen molar-refractivity contribution in [3.8, 4) is 0 Å². The third kappa shape index (κ3) is 6.66. The van der Waals surface area contributed by atoms with E-state index in [0.717, 1.165) is 17.5 Å². The third-order valence-electron chi connectivity index (χ3n) is 5.64. The predicted octanol–water partition coefficient (Wildman–Crippen LogP) is 6.48. The van der Waals surface area contributed by atoms with Gasteiger partial charge in [0.15, 0.2) is 0 Å². The number of carbonyl (C=O) groups is 2. The van der Waals surface area contributed by atoms with E-state index < -0.39 is 17.9 Å². The average molecular weight is 533 g/mol. The van der Waals surface area contributed by atoms with E-state index in [-0.39, 0.29) is 26.8 Å². The summed E-state index contributed by atoms with van der Waals surface area (Å²) in [7, 11) is 0. The molecule has 0 aliphatic heterocycles. The van der Waals surface area contributed by atoms with E-state index >= 15 is 0 Å². The van der Waals surface area contributed by atoms with Crippen LogP contribution >= 0.6 is 35.8 Å². The normalized spacial score (nSPS) is 13.5. The molecule has 2 heterocycles. The van der Waals surface area contributed by atoms with Gasteiger partial charge in [-0.05, 0) is 48.2 Å². The quantitative estimate of drug-likeness (QED) is 0.223. The Bertz CT molecular complexity index is 1170. The minimum absolute atomic E-state index is 0.0449. The van der Waals surface area contributed by atoms with Gasteiger partial charge in [-0.1, -0.05) is 49.2 Å². The fourth-order valence-electron chi connectivity index (χ4n) is 3.76. The summed E-state index contributed by atoms with van der Waals surface area (Å²) >= 11 is 16.7. The highest BCUT2D eigenvalue weighted by molar-refractivity contribution is 7.80. The Morgan fingerprint density at radius 1 is 1.03 bits per heavy atom. The van der Waals surface area contributed by atoms with Crippen molar-refractivity contribution in [2.75, 3.05) is 10.6 Å². The molecule has 0 aliphatic carbocycles. The summed E-state index contributed by atoms with van der Waals surface area (Å²) in [6.07, 6.45) is 5.75. The Labute approximate surface area is 219 Å². The van der Waals surface area contributed by atoms with Crippen LogP contribution in [-0.2, 0) is 4.79 Å². The second kappa shape index (κ2) is 12.2. The fourth-order valence-corrected chi connectivity index (χ4v) is 4.46. The molecule has 3 N–H and O–H groups in total. The van der Waals surface area contributed by atoms with Gasteiger partial charge >= 0.3 is 5.97 Å². The zero-order valence-electron chi connectivity index (χ0n) is 19.2. The fraction of sp³-hybridized carbons (Fsp3) is 0.280. The Morgan fingerprint density at radius 3 is 2.26 bits per heavy atom. The zero-order chi connectivity index (χ0) is 25.5. The highest BCUT2D eigenvalue weighted by Gasteiger charge is 2.29. The maximum Gasteiger partial charge on any atom is 0.326 e. The smallest absolute Gasteiger partial charge is 0.326 e. The number of pyridine rings is 2. The highest BCUT2D eigenvalue weighted by Crippen LogP contribution is 2.30. The highest BCUT2D eigenvalue weighted by atomic mass is 35.5. The molecular formula is C25H26Cl2N4O3S. The summed E-state index contributed by atoms with van der Waals surface area (Å²) in [6, 6.07) is 9.81. The lowest BCUT2D eigenvalue weighted by Gasteiger charge is -2.25. The van der Waals surface area contributed by atoms with Crippen LogP contribution < -0.4 is 10.6 Å². The first kappa shape index (κ1) is 26.8. The van der Waals surface area contributed by atoms with Gasteiger partial charge < -0.3 is 15.7 Å². The summed E-state index contributed by atoms with van der Waals surface area (Å²) in [4.78, 5) is 33.0. The number of anilines is 2. The van der Waals surface area contributed by atoms with E-state index in [1.54, 1.807) is 30.5 Å². The minimum atomic E-state index is -0.985. The molecule has 0 spiro atoms. The summed E-state index contributed by atoms with van der Waals surface area (Å²) in [5, 5.41) is 16.2. The molecule has 0 aliphatic rings.